The van der Waals surface area contributed by atoms with E-state index in [1.54, 1.807) is 18.4 Å². The first kappa shape index (κ1) is 13.8. The van der Waals surface area contributed by atoms with E-state index in [4.69, 9.17) is 9.72 Å². The van der Waals surface area contributed by atoms with Gasteiger partial charge in [-0.15, -0.1) is 11.3 Å². The van der Waals surface area contributed by atoms with E-state index in [1.165, 1.54) is 22.9 Å². The van der Waals surface area contributed by atoms with Crippen LogP contribution in [0, 0.1) is 5.92 Å². The van der Waals surface area contributed by atoms with Crippen LogP contribution in [-0.4, -0.2) is 32.2 Å². The van der Waals surface area contributed by atoms with Gasteiger partial charge in [-0.25, -0.2) is 4.98 Å². The molecule has 4 nitrogen and oxygen atoms in total. The normalized spacial score (nSPS) is 20.4. The molecule has 0 aromatic carbocycles. The average molecular weight is 269 g/mol. The smallest absolute Gasteiger partial charge is 0.185 e. The standard InChI is InChI=1S/C13H23N3OS/c1-10-5-4-6-16(8-10)13-15-11(9-17-3)12(18-13)7-14-2/h10,14H,4-9H2,1-3H3. The van der Waals surface area contributed by atoms with E-state index in [0.29, 0.717) is 6.61 Å². The summed E-state index contributed by atoms with van der Waals surface area (Å²) >= 11 is 1.80. The van der Waals surface area contributed by atoms with Crippen molar-refractivity contribution < 1.29 is 4.74 Å². The summed E-state index contributed by atoms with van der Waals surface area (Å²) in [5.74, 6) is 0.779. The van der Waals surface area contributed by atoms with E-state index in [0.717, 1.165) is 31.2 Å². The molecule has 2 rings (SSSR count). The molecule has 2 heterocycles. The third-order valence-electron chi connectivity index (χ3n) is 3.31. The zero-order valence-corrected chi connectivity index (χ0v) is 12.3. The van der Waals surface area contributed by atoms with Gasteiger partial charge in [-0.05, 0) is 25.8 Å². The van der Waals surface area contributed by atoms with Crippen LogP contribution < -0.4 is 10.2 Å². The highest BCUT2D eigenvalue weighted by molar-refractivity contribution is 7.15. The number of anilines is 1. The number of aromatic nitrogens is 1. The minimum absolute atomic E-state index is 0.608. The van der Waals surface area contributed by atoms with Crippen molar-refractivity contribution in [2.75, 3.05) is 32.1 Å². The second-order valence-corrected chi connectivity index (χ2v) is 6.09. The summed E-state index contributed by atoms with van der Waals surface area (Å²) in [5, 5.41) is 4.37. The van der Waals surface area contributed by atoms with Crippen LogP contribution in [0.5, 0.6) is 0 Å². The Morgan fingerprint density at radius 2 is 2.39 bits per heavy atom. The number of nitrogens with one attached hydrogen (secondary N) is 1. The lowest BCUT2D eigenvalue weighted by atomic mass is 10.0. The van der Waals surface area contributed by atoms with Gasteiger partial charge in [0.25, 0.3) is 0 Å². The molecule has 1 unspecified atom stereocenters. The van der Waals surface area contributed by atoms with Gasteiger partial charge in [-0.2, -0.15) is 0 Å². The third kappa shape index (κ3) is 3.22. The van der Waals surface area contributed by atoms with Gasteiger partial charge in [-0.3, -0.25) is 0 Å². The van der Waals surface area contributed by atoms with Gasteiger partial charge in [0.15, 0.2) is 5.13 Å². The number of ether oxygens (including phenoxy) is 1. The minimum atomic E-state index is 0.608. The number of methoxy groups -OCH3 is 1. The van der Waals surface area contributed by atoms with Crippen LogP contribution in [0.25, 0.3) is 0 Å². The Kier molecular flexibility index (Phi) is 4.97. The molecule has 18 heavy (non-hydrogen) atoms. The number of hydrogen-bond donors (Lipinski definition) is 1. The minimum Gasteiger partial charge on any atom is -0.378 e. The van der Waals surface area contributed by atoms with Crippen molar-refractivity contribution >= 4 is 16.5 Å². The predicted molar refractivity (Wildman–Crippen MR) is 76.2 cm³/mol. The molecular weight excluding hydrogens is 246 g/mol. The monoisotopic (exact) mass is 269 g/mol. The van der Waals surface area contributed by atoms with E-state index < -0.39 is 0 Å². The Hall–Kier alpha value is -0.650. The Morgan fingerprint density at radius 3 is 3.06 bits per heavy atom. The van der Waals surface area contributed by atoms with E-state index in [-0.39, 0.29) is 0 Å². The molecule has 0 bridgehead atoms. The number of rotatable bonds is 5. The molecule has 1 aromatic rings. The molecule has 1 aromatic heterocycles. The Balaban J connectivity index is 2.14. The van der Waals surface area contributed by atoms with Crippen LogP contribution in [0.1, 0.15) is 30.3 Å². The molecule has 1 aliphatic rings. The van der Waals surface area contributed by atoms with E-state index >= 15 is 0 Å². The number of hydrogen-bond acceptors (Lipinski definition) is 5. The first-order valence-electron chi connectivity index (χ1n) is 6.61. The number of thiazole rings is 1. The van der Waals surface area contributed by atoms with E-state index in [9.17, 15) is 0 Å². The van der Waals surface area contributed by atoms with Crippen LogP contribution in [0.2, 0.25) is 0 Å². The molecule has 1 fully saturated rings. The van der Waals surface area contributed by atoms with E-state index in [2.05, 4.69) is 17.1 Å². The van der Waals surface area contributed by atoms with Crippen molar-refractivity contribution in [1.29, 1.82) is 0 Å². The second kappa shape index (κ2) is 6.50. The molecule has 5 heteroatoms. The fourth-order valence-corrected chi connectivity index (χ4v) is 3.53. The second-order valence-electron chi connectivity index (χ2n) is 5.02. The maximum atomic E-state index is 5.23. The van der Waals surface area contributed by atoms with Crippen LogP contribution in [-0.2, 0) is 17.9 Å². The lowest BCUT2D eigenvalue weighted by molar-refractivity contribution is 0.181. The van der Waals surface area contributed by atoms with Crippen molar-refractivity contribution in [3.63, 3.8) is 0 Å². The summed E-state index contributed by atoms with van der Waals surface area (Å²) in [4.78, 5) is 8.48. The lowest BCUT2D eigenvalue weighted by Crippen LogP contribution is -2.34. The summed E-state index contributed by atoms with van der Waals surface area (Å²) in [6.07, 6.45) is 2.62. The maximum Gasteiger partial charge on any atom is 0.185 e. The largest absolute Gasteiger partial charge is 0.378 e. The molecule has 1 aliphatic heterocycles. The van der Waals surface area contributed by atoms with Gasteiger partial charge in [0.1, 0.15) is 0 Å². The summed E-state index contributed by atoms with van der Waals surface area (Å²) in [6.45, 7) is 6.09. The highest BCUT2D eigenvalue weighted by atomic mass is 32.1. The topological polar surface area (TPSA) is 37.4 Å². The van der Waals surface area contributed by atoms with Crippen LogP contribution >= 0.6 is 11.3 Å². The molecule has 1 saturated heterocycles. The fraction of sp³-hybridized carbons (Fsp3) is 0.769. The van der Waals surface area contributed by atoms with Gasteiger partial charge in [0.2, 0.25) is 0 Å². The van der Waals surface area contributed by atoms with Crippen molar-refractivity contribution in [1.82, 2.24) is 10.3 Å². The number of piperidine rings is 1. The van der Waals surface area contributed by atoms with Crippen LogP contribution in [0.15, 0.2) is 0 Å². The maximum absolute atomic E-state index is 5.23. The van der Waals surface area contributed by atoms with Crippen molar-refractivity contribution in [3.05, 3.63) is 10.6 Å². The van der Waals surface area contributed by atoms with Crippen molar-refractivity contribution in [2.45, 2.75) is 32.9 Å². The van der Waals surface area contributed by atoms with Gasteiger partial charge < -0.3 is 15.0 Å². The van der Waals surface area contributed by atoms with E-state index in [1.807, 2.05) is 7.05 Å². The fourth-order valence-electron chi connectivity index (χ4n) is 2.42. The molecule has 0 saturated carbocycles. The highest BCUT2D eigenvalue weighted by Crippen LogP contribution is 2.30. The van der Waals surface area contributed by atoms with Gasteiger partial charge in [0.05, 0.1) is 12.3 Å². The summed E-state index contributed by atoms with van der Waals surface area (Å²) in [5.41, 5.74) is 1.09. The lowest BCUT2D eigenvalue weighted by Gasteiger charge is -2.30. The molecule has 0 radical (unpaired) electrons. The van der Waals surface area contributed by atoms with Gasteiger partial charge >= 0.3 is 0 Å². The molecule has 0 amide bonds. The third-order valence-corrected chi connectivity index (χ3v) is 4.47. The molecule has 0 spiro atoms. The zero-order chi connectivity index (χ0) is 13.0. The quantitative estimate of drug-likeness (QED) is 0.889. The van der Waals surface area contributed by atoms with Gasteiger partial charge in [0, 0.05) is 31.6 Å². The molecule has 0 aliphatic carbocycles. The summed E-state index contributed by atoms with van der Waals surface area (Å²) < 4.78 is 5.23. The molecular formula is C13H23N3OS. The van der Waals surface area contributed by atoms with Gasteiger partial charge in [-0.1, -0.05) is 6.92 Å². The van der Waals surface area contributed by atoms with Crippen LogP contribution in [0.4, 0.5) is 5.13 Å². The summed E-state index contributed by atoms with van der Waals surface area (Å²) in [6, 6.07) is 0. The molecule has 102 valence electrons. The predicted octanol–water partition coefficient (Wildman–Crippen LogP) is 2.25. The number of nitrogens with zero attached hydrogens (tertiary/aromatic N) is 2. The van der Waals surface area contributed by atoms with Crippen molar-refractivity contribution in [3.8, 4) is 0 Å². The Morgan fingerprint density at radius 1 is 1.56 bits per heavy atom. The first-order chi connectivity index (χ1) is 8.74. The average Bonchev–Trinajstić information content (AvgIpc) is 2.74. The molecule has 1 atom stereocenters. The molecule has 1 N–H and O–H groups in total. The Labute approximate surface area is 113 Å². The highest BCUT2D eigenvalue weighted by Gasteiger charge is 2.21. The Bertz CT molecular complexity index is 357. The SMILES string of the molecule is CNCc1sc(N2CCCC(C)C2)nc1COC. The first-order valence-corrected chi connectivity index (χ1v) is 7.43. The van der Waals surface area contributed by atoms with Crippen molar-refractivity contribution in [2.24, 2.45) is 5.92 Å². The zero-order valence-electron chi connectivity index (χ0n) is 11.5. The summed E-state index contributed by atoms with van der Waals surface area (Å²) in [7, 11) is 3.70. The van der Waals surface area contributed by atoms with Crippen LogP contribution in [0.3, 0.4) is 0 Å².